The minimum Gasteiger partial charge on any atom is -0.459 e. The highest BCUT2D eigenvalue weighted by Gasteiger charge is 2.23. The highest BCUT2D eigenvalue weighted by atomic mass is 35.5. The fraction of sp³-hybridized carbons (Fsp3) is 0.100. The normalized spacial score (nSPS) is 11.4. The van der Waals surface area contributed by atoms with Crippen LogP contribution in [0.25, 0.3) is 0 Å². The summed E-state index contributed by atoms with van der Waals surface area (Å²) in [5.74, 6) is -1.81. The highest BCUT2D eigenvalue weighted by Crippen LogP contribution is 2.23. The number of esters is 1. The highest BCUT2D eigenvalue weighted by molar-refractivity contribution is 6.36. The van der Waals surface area contributed by atoms with E-state index in [1.165, 1.54) is 43.6 Å². The van der Waals surface area contributed by atoms with Crippen molar-refractivity contribution in [3.63, 3.8) is 0 Å². The van der Waals surface area contributed by atoms with Gasteiger partial charge in [0.25, 0.3) is 11.8 Å². The lowest BCUT2D eigenvalue weighted by Gasteiger charge is -2.15. The molecule has 3 aromatic rings. The second kappa shape index (κ2) is 9.43. The molecule has 1 aromatic carbocycles. The Morgan fingerprint density at radius 3 is 2.57 bits per heavy atom. The molecule has 0 saturated carbocycles. The van der Waals surface area contributed by atoms with Crippen LogP contribution >= 0.6 is 23.2 Å². The van der Waals surface area contributed by atoms with Crippen LogP contribution in [0.2, 0.25) is 10.0 Å². The fourth-order valence-corrected chi connectivity index (χ4v) is 2.79. The minimum atomic E-state index is -1.17. The quantitative estimate of drug-likeness (QED) is 0.541. The number of anilines is 2. The molecule has 3 rings (SSSR count). The maximum Gasteiger partial charge on any atom is 0.341 e. The number of carbonyl (C=O) groups excluding carboxylic acids is 3. The number of ether oxygens (including phenoxy) is 1. The van der Waals surface area contributed by atoms with E-state index >= 15 is 0 Å². The van der Waals surface area contributed by atoms with Crippen molar-refractivity contribution in [2.24, 2.45) is 0 Å². The van der Waals surface area contributed by atoms with E-state index in [1.54, 1.807) is 18.2 Å². The monoisotopic (exact) mass is 447 g/mol. The van der Waals surface area contributed by atoms with Crippen LogP contribution in [-0.4, -0.2) is 28.9 Å². The van der Waals surface area contributed by atoms with E-state index in [0.717, 1.165) is 0 Å². The second-order valence-electron chi connectivity index (χ2n) is 6.00. The molecule has 1 atom stereocenters. The predicted molar refractivity (Wildman–Crippen MR) is 111 cm³/mol. The van der Waals surface area contributed by atoms with E-state index in [4.69, 9.17) is 32.4 Å². The summed E-state index contributed by atoms with van der Waals surface area (Å²) in [7, 11) is 0. The molecule has 2 amide bonds. The third-order valence-corrected chi connectivity index (χ3v) is 4.34. The summed E-state index contributed by atoms with van der Waals surface area (Å²) in [6, 6.07) is 10.7. The van der Waals surface area contributed by atoms with E-state index in [0.29, 0.717) is 5.02 Å². The summed E-state index contributed by atoms with van der Waals surface area (Å²) >= 11 is 11.7. The predicted octanol–water partition coefficient (Wildman–Crippen LogP) is 4.42. The topological polar surface area (TPSA) is 111 Å². The van der Waals surface area contributed by atoms with Crippen molar-refractivity contribution in [3.8, 4) is 0 Å². The smallest absolute Gasteiger partial charge is 0.341 e. The van der Waals surface area contributed by atoms with Crippen molar-refractivity contribution >= 4 is 52.5 Å². The van der Waals surface area contributed by atoms with E-state index < -0.39 is 23.9 Å². The van der Waals surface area contributed by atoms with Crippen molar-refractivity contribution in [2.45, 2.75) is 13.0 Å². The Morgan fingerprint density at radius 2 is 1.87 bits per heavy atom. The Kier molecular flexibility index (Phi) is 6.71. The molecule has 0 saturated heterocycles. The van der Waals surface area contributed by atoms with Gasteiger partial charge in [0.1, 0.15) is 0 Å². The molecule has 0 spiro atoms. The summed E-state index contributed by atoms with van der Waals surface area (Å²) in [4.78, 5) is 41.0. The molecule has 0 aliphatic carbocycles. The Labute approximate surface area is 181 Å². The zero-order chi connectivity index (χ0) is 21.7. The molecule has 2 N–H and O–H groups in total. The fourth-order valence-electron chi connectivity index (χ4n) is 2.36. The lowest BCUT2D eigenvalue weighted by molar-refractivity contribution is -0.123. The van der Waals surface area contributed by atoms with Crippen LogP contribution in [0.3, 0.4) is 0 Å². The number of carbonyl (C=O) groups is 3. The van der Waals surface area contributed by atoms with Gasteiger partial charge in [-0.15, -0.1) is 0 Å². The average Bonchev–Trinajstić information content (AvgIpc) is 3.25. The molecule has 0 aliphatic heterocycles. The van der Waals surface area contributed by atoms with E-state index in [9.17, 15) is 14.4 Å². The molecule has 2 aromatic heterocycles. The first kappa shape index (κ1) is 21.4. The number of pyridine rings is 1. The summed E-state index contributed by atoms with van der Waals surface area (Å²) in [5.41, 5.74) is 0.277. The molecule has 0 aliphatic rings. The zero-order valence-electron chi connectivity index (χ0n) is 15.5. The van der Waals surface area contributed by atoms with Crippen LogP contribution in [0.4, 0.5) is 11.5 Å². The van der Waals surface area contributed by atoms with Crippen molar-refractivity contribution in [2.75, 3.05) is 10.6 Å². The van der Waals surface area contributed by atoms with Crippen LogP contribution in [0.15, 0.2) is 59.3 Å². The number of halogens is 2. The molecule has 10 heteroatoms. The number of para-hydroxylation sites is 1. The Hall–Kier alpha value is -3.36. The summed E-state index contributed by atoms with van der Waals surface area (Å²) in [5, 5.41) is 5.48. The maximum absolute atomic E-state index is 12.6. The molecule has 30 heavy (non-hydrogen) atoms. The van der Waals surface area contributed by atoms with Gasteiger partial charge in [-0.1, -0.05) is 35.3 Å². The van der Waals surface area contributed by atoms with Crippen LogP contribution in [0, 0.1) is 0 Å². The van der Waals surface area contributed by atoms with Crippen molar-refractivity contribution in [3.05, 3.63) is 76.3 Å². The summed E-state index contributed by atoms with van der Waals surface area (Å²) in [6.07, 6.45) is 1.51. The van der Waals surface area contributed by atoms with Gasteiger partial charge in [-0.2, -0.15) is 0 Å². The number of amides is 2. The molecule has 0 radical (unpaired) electrons. The lowest BCUT2D eigenvalue weighted by atomic mass is 10.1. The van der Waals surface area contributed by atoms with E-state index in [2.05, 4.69) is 15.6 Å². The molecule has 0 fully saturated rings. The Balaban J connectivity index is 1.68. The summed E-state index contributed by atoms with van der Waals surface area (Å²) in [6.45, 7) is 1.39. The van der Waals surface area contributed by atoms with Gasteiger partial charge in [0.2, 0.25) is 0 Å². The van der Waals surface area contributed by atoms with Crippen LogP contribution in [0.5, 0.6) is 0 Å². The first-order valence-corrected chi connectivity index (χ1v) is 9.37. The van der Waals surface area contributed by atoms with Crippen LogP contribution in [0.1, 0.15) is 27.8 Å². The molecular formula is C20H15Cl2N3O5. The van der Waals surface area contributed by atoms with Gasteiger partial charge in [0, 0.05) is 6.20 Å². The van der Waals surface area contributed by atoms with Crippen LogP contribution in [-0.2, 0) is 9.53 Å². The number of aromatic nitrogens is 1. The molecule has 1 unspecified atom stereocenters. The third kappa shape index (κ3) is 5.16. The first-order chi connectivity index (χ1) is 14.3. The zero-order valence-corrected chi connectivity index (χ0v) is 17.0. The van der Waals surface area contributed by atoms with Gasteiger partial charge in [-0.3, -0.25) is 9.59 Å². The minimum absolute atomic E-state index is 0.0692. The van der Waals surface area contributed by atoms with Crippen LogP contribution < -0.4 is 10.6 Å². The lowest BCUT2D eigenvalue weighted by Crippen LogP contribution is -2.30. The van der Waals surface area contributed by atoms with Gasteiger partial charge < -0.3 is 19.8 Å². The van der Waals surface area contributed by atoms with Gasteiger partial charge in [-0.05, 0) is 37.3 Å². The molecule has 8 nitrogen and oxygen atoms in total. The van der Waals surface area contributed by atoms with Crippen molar-refractivity contribution in [1.82, 2.24) is 4.98 Å². The van der Waals surface area contributed by atoms with Gasteiger partial charge in [0.05, 0.1) is 27.6 Å². The van der Waals surface area contributed by atoms with Crippen molar-refractivity contribution in [1.29, 1.82) is 0 Å². The van der Waals surface area contributed by atoms with Gasteiger partial charge in [0.15, 0.2) is 17.7 Å². The molecule has 2 heterocycles. The number of benzene rings is 1. The SMILES string of the molecule is CC(OC(=O)c1ccccc1NC(=O)c1ccco1)C(=O)Nc1ncc(Cl)cc1Cl. The van der Waals surface area contributed by atoms with Gasteiger partial charge in [-0.25, -0.2) is 9.78 Å². The Morgan fingerprint density at radius 1 is 1.10 bits per heavy atom. The Bertz CT molecular complexity index is 1090. The number of hydrogen-bond donors (Lipinski definition) is 2. The number of rotatable bonds is 6. The molecular weight excluding hydrogens is 433 g/mol. The number of nitrogens with one attached hydrogen (secondary N) is 2. The van der Waals surface area contributed by atoms with E-state index in [1.807, 2.05) is 0 Å². The molecule has 0 bridgehead atoms. The molecule has 154 valence electrons. The first-order valence-electron chi connectivity index (χ1n) is 8.62. The number of nitrogens with zero attached hydrogens (tertiary/aromatic N) is 1. The van der Waals surface area contributed by atoms with Gasteiger partial charge >= 0.3 is 5.97 Å². The largest absolute Gasteiger partial charge is 0.459 e. The second-order valence-corrected chi connectivity index (χ2v) is 6.84. The number of hydrogen-bond acceptors (Lipinski definition) is 6. The van der Waals surface area contributed by atoms with Crippen molar-refractivity contribution < 1.29 is 23.5 Å². The maximum atomic E-state index is 12.6. The average molecular weight is 448 g/mol. The summed E-state index contributed by atoms with van der Waals surface area (Å²) < 4.78 is 10.3. The number of furan rings is 1. The van der Waals surface area contributed by atoms with E-state index in [-0.39, 0.29) is 27.9 Å². The standard InChI is InChI=1S/C20H15Cl2N3O5/c1-11(18(26)25-17-14(22)9-12(21)10-23-17)30-20(28)13-5-2-3-6-15(13)24-19(27)16-7-4-8-29-16/h2-11H,1H3,(H,24,27)(H,23,25,26). The third-order valence-electron chi connectivity index (χ3n) is 3.84.